The number of aliphatic hydroxyl groups is 1. The summed E-state index contributed by atoms with van der Waals surface area (Å²) < 4.78 is 56.9. The van der Waals surface area contributed by atoms with Crippen LogP contribution in [0.2, 0.25) is 0 Å². The molecule has 1 aliphatic carbocycles. The quantitative estimate of drug-likeness (QED) is 0.334. The van der Waals surface area contributed by atoms with E-state index in [1.807, 2.05) is 29.3 Å². The van der Waals surface area contributed by atoms with Crippen molar-refractivity contribution in [2.24, 2.45) is 17.3 Å². The van der Waals surface area contributed by atoms with Gasteiger partial charge in [-0.2, -0.15) is 5.01 Å². The summed E-state index contributed by atoms with van der Waals surface area (Å²) in [5.41, 5.74) is -0.184. The minimum atomic E-state index is -1.63. The molecule has 4 aliphatic heterocycles. The molecule has 0 bridgehead atoms. The van der Waals surface area contributed by atoms with Crippen LogP contribution in [-0.4, -0.2) is 109 Å². The zero-order chi connectivity index (χ0) is 33.5. The molecule has 0 spiro atoms. The zero-order valence-corrected chi connectivity index (χ0v) is 27.2. The molecule has 15 heteroatoms. The lowest BCUT2D eigenvalue weighted by atomic mass is 9.72. The molecule has 6 rings (SSSR count). The smallest absolute Gasteiger partial charge is 0.469 e. The van der Waals surface area contributed by atoms with Gasteiger partial charge in [-0.1, -0.05) is 18.2 Å². The van der Waals surface area contributed by atoms with Crippen LogP contribution < -0.4 is 0 Å². The van der Waals surface area contributed by atoms with E-state index in [2.05, 4.69) is 0 Å². The van der Waals surface area contributed by atoms with Crippen LogP contribution in [0.15, 0.2) is 52.9 Å². The number of morpholine rings is 1. The monoisotopic (exact) mass is 679 g/mol. The van der Waals surface area contributed by atoms with Crippen LogP contribution in [0, 0.1) is 17.3 Å². The number of carbonyl (C=O) groups is 3. The van der Waals surface area contributed by atoms with Gasteiger partial charge < -0.3 is 33.7 Å². The van der Waals surface area contributed by atoms with Crippen molar-refractivity contribution in [1.29, 1.82) is 0 Å². The Morgan fingerprint density at radius 3 is 2.72 bits per heavy atom. The molecular formula is C32H39F2N3O9S. The van der Waals surface area contributed by atoms with Gasteiger partial charge in [-0.15, -0.1) is 11.8 Å². The number of fused-ring (bicyclic) bond motifs is 4. The van der Waals surface area contributed by atoms with E-state index in [1.165, 1.54) is 38.8 Å². The lowest BCUT2D eigenvalue weighted by molar-refractivity contribution is -0.204. The summed E-state index contributed by atoms with van der Waals surface area (Å²) >= 11 is 1.51. The van der Waals surface area contributed by atoms with E-state index in [4.69, 9.17) is 23.7 Å². The van der Waals surface area contributed by atoms with Gasteiger partial charge in [-0.25, -0.2) is 13.6 Å². The molecule has 4 heterocycles. The van der Waals surface area contributed by atoms with Gasteiger partial charge in [0, 0.05) is 29.3 Å². The Balaban J connectivity index is 1.32. The molecule has 7 atom stereocenters. The van der Waals surface area contributed by atoms with Crippen LogP contribution in [0.3, 0.4) is 0 Å². The second-order valence-corrected chi connectivity index (χ2v) is 13.8. The van der Waals surface area contributed by atoms with Crippen molar-refractivity contribution >= 4 is 29.8 Å². The Morgan fingerprint density at radius 2 is 1.94 bits per heavy atom. The molecule has 3 unspecified atom stereocenters. The maximum Gasteiger partial charge on any atom is 0.511 e. The van der Waals surface area contributed by atoms with Crippen LogP contribution in [0.5, 0.6) is 0 Å². The van der Waals surface area contributed by atoms with Crippen LogP contribution in [0.1, 0.15) is 38.3 Å². The molecule has 47 heavy (non-hydrogen) atoms. The van der Waals surface area contributed by atoms with Gasteiger partial charge in [-0.05, 0) is 50.3 Å². The average Bonchev–Trinajstić information content (AvgIpc) is 3.23. The van der Waals surface area contributed by atoms with Crippen molar-refractivity contribution in [2.45, 2.75) is 62.2 Å². The topological polar surface area (TPSA) is 127 Å². The van der Waals surface area contributed by atoms with Crippen molar-refractivity contribution < 1.29 is 52.0 Å². The molecule has 1 saturated carbocycles. The Bertz CT molecular complexity index is 1440. The number of nitrogens with zero attached hydrogens (tertiary/aromatic N) is 3. The van der Waals surface area contributed by atoms with Gasteiger partial charge in [-0.3, -0.25) is 14.6 Å². The first kappa shape index (κ1) is 33.5. The van der Waals surface area contributed by atoms with Crippen molar-refractivity contribution in [3.05, 3.63) is 53.6 Å². The summed E-state index contributed by atoms with van der Waals surface area (Å²) in [5, 5.41) is 14.6. The average molecular weight is 680 g/mol. The Labute approximate surface area is 275 Å². The van der Waals surface area contributed by atoms with Gasteiger partial charge in [0.05, 0.1) is 31.8 Å². The maximum absolute atomic E-state index is 15.6. The minimum Gasteiger partial charge on any atom is -0.469 e. The van der Waals surface area contributed by atoms with Crippen LogP contribution >= 0.6 is 11.8 Å². The van der Waals surface area contributed by atoms with E-state index in [1.54, 1.807) is 16.1 Å². The molecule has 0 aromatic heterocycles. The van der Waals surface area contributed by atoms with Crippen molar-refractivity contribution in [2.75, 3.05) is 46.0 Å². The third-order valence-electron chi connectivity index (χ3n) is 9.38. The number of carbonyl (C=O) groups excluding carboxylic acids is 3. The number of rotatable bonds is 7. The molecule has 2 saturated heterocycles. The highest BCUT2D eigenvalue weighted by Gasteiger charge is 2.54. The number of aliphatic hydroxyl groups excluding tert-OH is 1. The summed E-state index contributed by atoms with van der Waals surface area (Å²) in [4.78, 5) is 40.9. The van der Waals surface area contributed by atoms with Gasteiger partial charge in [0.25, 0.3) is 5.91 Å². The molecule has 12 nitrogen and oxygen atoms in total. The molecule has 256 valence electrons. The van der Waals surface area contributed by atoms with Crippen LogP contribution in [0.4, 0.5) is 13.6 Å². The molecule has 0 radical (unpaired) electrons. The van der Waals surface area contributed by atoms with Crippen LogP contribution in [0.25, 0.3) is 0 Å². The molecular weight excluding hydrogens is 640 g/mol. The number of esters is 1. The predicted molar refractivity (Wildman–Crippen MR) is 162 cm³/mol. The van der Waals surface area contributed by atoms with E-state index in [-0.39, 0.29) is 50.2 Å². The van der Waals surface area contributed by atoms with Gasteiger partial charge in [0.15, 0.2) is 11.5 Å². The number of hydrogen-bond acceptors (Lipinski definition) is 12. The highest BCUT2D eigenvalue weighted by atomic mass is 32.2. The second-order valence-electron chi connectivity index (χ2n) is 12.8. The summed E-state index contributed by atoms with van der Waals surface area (Å²) in [6.07, 6.45) is -2.73. The first-order valence-corrected chi connectivity index (χ1v) is 16.6. The van der Waals surface area contributed by atoms with Crippen molar-refractivity contribution in [1.82, 2.24) is 14.9 Å². The number of hydrogen-bond donors (Lipinski definition) is 1. The molecule has 1 N–H and O–H groups in total. The number of hydrazine groups is 1. The number of benzene rings is 1. The molecule has 1 amide bonds. The fraction of sp³-hybridized carbons (Fsp3) is 0.594. The summed E-state index contributed by atoms with van der Waals surface area (Å²) in [6.45, 7) is 2.77. The number of methoxy groups -OCH3 is 1. The molecule has 5 aliphatic rings. The van der Waals surface area contributed by atoms with E-state index in [0.717, 1.165) is 10.5 Å². The normalized spacial score (nSPS) is 30.8. The number of alkyl halides is 2. The van der Waals surface area contributed by atoms with Gasteiger partial charge in [0.2, 0.25) is 6.79 Å². The third kappa shape index (κ3) is 6.30. The standard InChI is InChI=1S/C32H39F2N3O9S/c1-32(2,30(40)42-3)16-44-31(41)46-17-45-28-22(38)10-11-36-27(28)29(39)35-12-13-43-14-24(35)37(36)26-18-8-9-21(33)25(34)20(18)15-47-23-7-5-4-6-19(23)26/h4-7,10-11,18,20-22,24-26,38H,8-9,12-17H2,1-3H3/t18?,20?,21-,22?,24-,25-,26+/m1/s1. The molecule has 3 fully saturated rings. The summed E-state index contributed by atoms with van der Waals surface area (Å²) in [5.74, 6) is -1.63. The first-order chi connectivity index (χ1) is 22.5. The van der Waals surface area contributed by atoms with E-state index >= 15 is 4.39 Å². The fourth-order valence-corrected chi connectivity index (χ4v) is 8.31. The highest BCUT2D eigenvalue weighted by Crippen LogP contribution is 2.53. The Morgan fingerprint density at radius 1 is 1.15 bits per heavy atom. The fourth-order valence-electron chi connectivity index (χ4n) is 6.98. The van der Waals surface area contributed by atoms with Crippen molar-refractivity contribution in [3.8, 4) is 0 Å². The second kappa shape index (κ2) is 13.6. The molecule has 1 aromatic carbocycles. The predicted octanol–water partition coefficient (Wildman–Crippen LogP) is 3.68. The SMILES string of the molecule is COC(=O)C(C)(C)COC(=O)OCOC1=C2C(=O)N3CCOC[C@H]3N([C@@H]3c4ccccc4SCC4C3CC[C@@H](F)[C@@H]4F)N2C=CC1O. The highest BCUT2D eigenvalue weighted by molar-refractivity contribution is 7.99. The number of amides is 1. The molecule has 1 aromatic rings. The number of thioether (sulfide) groups is 1. The maximum atomic E-state index is 15.6. The third-order valence-corrected chi connectivity index (χ3v) is 10.6. The van der Waals surface area contributed by atoms with Gasteiger partial charge in [0.1, 0.15) is 31.2 Å². The van der Waals surface area contributed by atoms with E-state index < -0.39 is 66.8 Å². The Hall–Kier alpha value is -3.40. The zero-order valence-electron chi connectivity index (χ0n) is 26.4. The summed E-state index contributed by atoms with van der Waals surface area (Å²) in [7, 11) is 1.23. The van der Waals surface area contributed by atoms with Crippen LogP contribution in [-0.2, 0) is 33.3 Å². The Kier molecular flexibility index (Phi) is 9.70. The lowest BCUT2D eigenvalue weighted by Crippen LogP contribution is -2.68. The lowest BCUT2D eigenvalue weighted by Gasteiger charge is -2.57. The largest absolute Gasteiger partial charge is 0.511 e. The van der Waals surface area contributed by atoms with E-state index in [0.29, 0.717) is 12.2 Å². The first-order valence-electron chi connectivity index (χ1n) is 15.6. The minimum absolute atomic E-state index is 0.00356. The van der Waals surface area contributed by atoms with Crippen molar-refractivity contribution in [3.63, 3.8) is 0 Å². The summed E-state index contributed by atoms with van der Waals surface area (Å²) in [6, 6.07) is 7.29. The van der Waals surface area contributed by atoms with Gasteiger partial charge >= 0.3 is 12.1 Å². The number of halogens is 2. The van der Waals surface area contributed by atoms with E-state index in [9.17, 15) is 23.9 Å². The number of ether oxygens (including phenoxy) is 5.